The van der Waals surface area contributed by atoms with Crippen LogP contribution in [0.3, 0.4) is 0 Å². The molecule has 0 saturated carbocycles. The number of aromatic nitrogens is 2. The Morgan fingerprint density at radius 1 is 1.45 bits per heavy atom. The second-order valence-corrected chi connectivity index (χ2v) is 7.33. The van der Waals surface area contributed by atoms with E-state index < -0.39 is 10.0 Å². The van der Waals surface area contributed by atoms with Crippen molar-refractivity contribution in [2.24, 2.45) is 7.05 Å². The van der Waals surface area contributed by atoms with E-state index in [0.717, 1.165) is 4.88 Å². The van der Waals surface area contributed by atoms with Crippen molar-refractivity contribution in [1.29, 1.82) is 0 Å². The maximum Gasteiger partial charge on any atom is 0.257 e. The molecule has 6 nitrogen and oxygen atoms in total. The summed E-state index contributed by atoms with van der Waals surface area (Å²) < 4.78 is 28.4. The summed E-state index contributed by atoms with van der Waals surface area (Å²) in [5.41, 5.74) is 0. The van der Waals surface area contributed by atoms with Gasteiger partial charge in [0, 0.05) is 18.5 Å². The zero-order chi connectivity index (χ0) is 14.8. The van der Waals surface area contributed by atoms with Crippen LogP contribution in [0.4, 0.5) is 0 Å². The van der Waals surface area contributed by atoms with Gasteiger partial charge in [-0.2, -0.15) is 5.10 Å². The molecule has 2 rings (SSSR count). The molecule has 0 spiro atoms. The van der Waals surface area contributed by atoms with Crippen molar-refractivity contribution in [1.82, 2.24) is 19.4 Å². The lowest BCUT2D eigenvalue weighted by Gasteiger charge is -2.23. The first kappa shape index (κ1) is 15.2. The van der Waals surface area contributed by atoms with Crippen LogP contribution >= 0.6 is 11.3 Å². The van der Waals surface area contributed by atoms with Crippen molar-refractivity contribution in [3.05, 3.63) is 34.7 Å². The molecule has 0 aliphatic rings. The SMILES string of the molecule is CN(C)[C@H](CNS(=O)(=O)c1ccnn1C)c1cccs1. The monoisotopic (exact) mass is 314 g/mol. The van der Waals surface area contributed by atoms with Crippen molar-refractivity contribution < 1.29 is 8.42 Å². The lowest BCUT2D eigenvalue weighted by atomic mass is 10.2. The van der Waals surface area contributed by atoms with E-state index in [0.29, 0.717) is 6.54 Å². The highest BCUT2D eigenvalue weighted by molar-refractivity contribution is 7.89. The molecule has 0 aromatic carbocycles. The summed E-state index contributed by atoms with van der Waals surface area (Å²) in [5, 5.41) is 6.04. The Hall–Kier alpha value is -1.22. The largest absolute Gasteiger partial charge is 0.300 e. The summed E-state index contributed by atoms with van der Waals surface area (Å²) >= 11 is 1.62. The summed E-state index contributed by atoms with van der Waals surface area (Å²) in [7, 11) is 1.94. The molecule has 2 aromatic heterocycles. The minimum Gasteiger partial charge on any atom is -0.300 e. The molecule has 0 radical (unpaired) electrons. The molecule has 110 valence electrons. The number of hydrogen-bond donors (Lipinski definition) is 1. The van der Waals surface area contributed by atoms with E-state index in [1.54, 1.807) is 18.4 Å². The molecule has 0 aliphatic carbocycles. The van der Waals surface area contributed by atoms with E-state index in [2.05, 4.69) is 9.82 Å². The molecule has 0 unspecified atom stereocenters. The van der Waals surface area contributed by atoms with E-state index >= 15 is 0 Å². The van der Waals surface area contributed by atoms with Gasteiger partial charge in [-0.15, -0.1) is 11.3 Å². The van der Waals surface area contributed by atoms with E-state index in [-0.39, 0.29) is 11.1 Å². The molecule has 0 amide bonds. The molecule has 0 saturated heterocycles. The van der Waals surface area contributed by atoms with Gasteiger partial charge in [0.25, 0.3) is 10.0 Å². The van der Waals surface area contributed by atoms with Crippen LogP contribution in [0.15, 0.2) is 34.8 Å². The third kappa shape index (κ3) is 3.26. The third-order valence-electron chi connectivity index (χ3n) is 3.01. The zero-order valence-electron chi connectivity index (χ0n) is 11.6. The first-order chi connectivity index (χ1) is 9.42. The van der Waals surface area contributed by atoms with Crippen molar-refractivity contribution in [2.75, 3.05) is 20.6 Å². The van der Waals surface area contributed by atoms with Gasteiger partial charge < -0.3 is 4.90 Å². The summed E-state index contributed by atoms with van der Waals surface area (Å²) in [4.78, 5) is 3.13. The molecule has 0 bridgehead atoms. The molecule has 1 N–H and O–H groups in total. The Bertz CT molecular complexity index is 647. The Labute approximate surface area is 123 Å². The number of thiophene rings is 1. The minimum absolute atomic E-state index is 0.0120. The van der Waals surface area contributed by atoms with Gasteiger partial charge in [-0.05, 0) is 31.6 Å². The molecular formula is C12H18N4O2S2. The number of sulfonamides is 1. The lowest BCUT2D eigenvalue weighted by Crippen LogP contribution is -2.34. The fraction of sp³-hybridized carbons (Fsp3) is 0.417. The molecular weight excluding hydrogens is 296 g/mol. The van der Waals surface area contributed by atoms with Crippen LogP contribution in [0.1, 0.15) is 10.9 Å². The Kier molecular flexibility index (Phi) is 4.59. The fourth-order valence-electron chi connectivity index (χ4n) is 1.91. The van der Waals surface area contributed by atoms with Gasteiger partial charge in [-0.3, -0.25) is 4.68 Å². The van der Waals surface area contributed by atoms with Gasteiger partial charge in [0.1, 0.15) is 0 Å². The molecule has 2 aromatic rings. The van der Waals surface area contributed by atoms with Gasteiger partial charge >= 0.3 is 0 Å². The first-order valence-corrected chi connectivity index (χ1v) is 8.45. The van der Waals surface area contributed by atoms with Crippen LogP contribution in [0, 0.1) is 0 Å². The summed E-state index contributed by atoms with van der Waals surface area (Å²) in [5.74, 6) is 0. The average molecular weight is 314 g/mol. The topological polar surface area (TPSA) is 67.2 Å². The van der Waals surface area contributed by atoms with Crippen LogP contribution in [0.2, 0.25) is 0 Å². The standard InChI is InChI=1S/C12H18N4O2S2/c1-15(2)10(11-5-4-8-19-11)9-14-20(17,18)12-6-7-13-16(12)3/h4-8,10,14H,9H2,1-3H3/t10-/m1/s1. The molecule has 2 heterocycles. The maximum absolute atomic E-state index is 12.2. The highest BCUT2D eigenvalue weighted by Gasteiger charge is 2.22. The molecule has 1 atom stereocenters. The van der Waals surface area contributed by atoms with Gasteiger partial charge in [0.05, 0.1) is 12.2 Å². The van der Waals surface area contributed by atoms with Crippen molar-refractivity contribution in [2.45, 2.75) is 11.1 Å². The van der Waals surface area contributed by atoms with Gasteiger partial charge in [-0.1, -0.05) is 6.07 Å². The lowest BCUT2D eigenvalue weighted by molar-refractivity contribution is 0.303. The number of rotatable bonds is 6. The van der Waals surface area contributed by atoms with Crippen LogP contribution in [-0.2, 0) is 17.1 Å². The van der Waals surface area contributed by atoms with Crippen LogP contribution < -0.4 is 4.72 Å². The van der Waals surface area contributed by atoms with Crippen LogP contribution in [0.5, 0.6) is 0 Å². The third-order valence-corrected chi connectivity index (χ3v) is 5.48. The minimum atomic E-state index is -3.54. The number of nitrogens with one attached hydrogen (secondary N) is 1. The van der Waals surface area contributed by atoms with Crippen molar-refractivity contribution in [3.8, 4) is 0 Å². The number of aryl methyl sites for hydroxylation is 1. The second-order valence-electron chi connectivity index (χ2n) is 4.64. The average Bonchev–Trinajstić information content (AvgIpc) is 3.00. The Morgan fingerprint density at radius 2 is 2.20 bits per heavy atom. The van der Waals surface area contributed by atoms with Gasteiger partial charge in [0.15, 0.2) is 5.03 Å². The zero-order valence-corrected chi connectivity index (χ0v) is 13.3. The second kappa shape index (κ2) is 6.04. The highest BCUT2D eigenvalue weighted by Crippen LogP contribution is 2.22. The Morgan fingerprint density at radius 3 is 2.70 bits per heavy atom. The van der Waals surface area contributed by atoms with Gasteiger partial charge in [0.2, 0.25) is 0 Å². The summed E-state index contributed by atoms with van der Waals surface area (Å²) in [6, 6.07) is 5.47. The van der Waals surface area contributed by atoms with Crippen molar-refractivity contribution in [3.63, 3.8) is 0 Å². The molecule has 8 heteroatoms. The molecule has 0 fully saturated rings. The van der Waals surface area contributed by atoms with Crippen LogP contribution in [-0.4, -0.2) is 43.7 Å². The Balaban J connectivity index is 2.12. The predicted octanol–water partition coefficient (Wildman–Crippen LogP) is 1.06. The summed E-state index contributed by atoms with van der Waals surface area (Å²) in [6.45, 7) is 0.320. The van der Waals surface area contributed by atoms with E-state index in [9.17, 15) is 8.42 Å². The fourth-order valence-corrected chi connectivity index (χ4v) is 3.99. The van der Waals surface area contributed by atoms with Crippen molar-refractivity contribution >= 4 is 21.4 Å². The predicted molar refractivity (Wildman–Crippen MR) is 79.1 cm³/mol. The van der Waals surface area contributed by atoms with Crippen LogP contribution in [0.25, 0.3) is 0 Å². The van der Waals surface area contributed by atoms with E-state index in [4.69, 9.17) is 0 Å². The quantitative estimate of drug-likeness (QED) is 0.866. The summed E-state index contributed by atoms with van der Waals surface area (Å²) in [6.07, 6.45) is 1.47. The number of likely N-dealkylation sites (N-methyl/N-ethyl adjacent to an activating group) is 1. The number of nitrogens with zero attached hydrogens (tertiary/aromatic N) is 3. The first-order valence-electron chi connectivity index (χ1n) is 6.09. The van der Waals surface area contributed by atoms with E-state index in [1.807, 2.05) is 36.5 Å². The normalized spacial score (nSPS) is 13.8. The van der Waals surface area contributed by atoms with Gasteiger partial charge in [-0.25, -0.2) is 13.1 Å². The molecule has 20 heavy (non-hydrogen) atoms. The maximum atomic E-state index is 12.2. The molecule has 0 aliphatic heterocycles. The number of hydrogen-bond acceptors (Lipinski definition) is 5. The van der Waals surface area contributed by atoms with E-state index in [1.165, 1.54) is 16.9 Å². The highest BCUT2D eigenvalue weighted by atomic mass is 32.2. The smallest absolute Gasteiger partial charge is 0.257 e.